The molecule has 7 heteroatoms. The zero-order valence-electron chi connectivity index (χ0n) is 16.4. The molecule has 1 saturated heterocycles. The Labute approximate surface area is 176 Å². The fourth-order valence-corrected chi connectivity index (χ4v) is 3.33. The first kappa shape index (κ1) is 21.0. The van der Waals surface area contributed by atoms with Crippen molar-refractivity contribution in [1.29, 1.82) is 0 Å². The van der Waals surface area contributed by atoms with Crippen LogP contribution in [0.3, 0.4) is 0 Å². The summed E-state index contributed by atoms with van der Waals surface area (Å²) in [6.45, 7) is 3.68. The molecule has 1 aliphatic heterocycles. The monoisotopic (exact) mass is 415 g/mol. The van der Waals surface area contributed by atoms with Gasteiger partial charge in [0, 0.05) is 49.9 Å². The number of carbonyl (C=O) groups is 2. The minimum atomic E-state index is -0.124. The molecule has 2 amide bonds. The van der Waals surface area contributed by atoms with Gasteiger partial charge in [0.1, 0.15) is 5.75 Å². The number of hydrogen-bond donors (Lipinski definition) is 1. The van der Waals surface area contributed by atoms with Crippen molar-refractivity contribution in [1.82, 2.24) is 10.2 Å². The largest absolute Gasteiger partial charge is 0.493 e. The molecule has 154 valence electrons. The van der Waals surface area contributed by atoms with Crippen LogP contribution in [0.4, 0.5) is 5.69 Å². The predicted octanol–water partition coefficient (Wildman–Crippen LogP) is 2.96. The summed E-state index contributed by atoms with van der Waals surface area (Å²) in [4.78, 5) is 28.4. The molecule has 2 aromatic carbocycles. The van der Waals surface area contributed by atoms with Crippen LogP contribution in [0.15, 0.2) is 54.6 Å². The van der Waals surface area contributed by atoms with Crippen LogP contribution >= 0.6 is 11.6 Å². The van der Waals surface area contributed by atoms with E-state index in [1.807, 2.05) is 23.1 Å². The van der Waals surface area contributed by atoms with E-state index in [1.54, 1.807) is 24.3 Å². The zero-order chi connectivity index (χ0) is 20.5. The van der Waals surface area contributed by atoms with Gasteiger partial charge in [0.2, 0.25) is 11.8 Å². The number of amides is 2. The average Bonchev–Trinajstić information content (AvgIpc) is 2.76. The van der Waals surface area contributed by atoms with E-state index in [4.69, 9.17) is 16.3 Å². The molecule has 0 radical (unpaired) electrons. The molecule has 0 saturated carbocycles. The molecule has 0 aromatic heterocycles. The van der Waals surface area contributed by atoms with Gasteiger partial charge in [-0.25, -0.2) is 0 Å². The lowest BCUT2D eigenvalue weighted by molar-refractivity contribution is -0.131. The number of nitrogens with zero attached hydrogens (tertiary/aromatic N) is 2. The van der Waals surface area contributed by atoms with Gasteiger partial charge in [-0.15, -0.1) is 0 Å². The summed E-state index contributed by atoms with van der Waals surface area (Å²) in [7, 11) is 0. The highest BCUT2D eigenvalue weighted by atomic mass is 35.5. The molecule has 0 unspecified atom stereocenters. The van der Waals surface area contributed by atoms with Crippen molar-refractivity contribution in [2.75, 3.05) is 44.2 Å². The van der Waals surface area contributed by atoms with Gasteiger partial charge in [0.05, 0.1) is 13.0 Å². The van der Waals surface area contributed by atoms with Crippen LogP contribution in [0.1, 0.15) is 12.8 Å². The maximum absolute atomic E-state index is 12.4. The summed E-state index contributed by atoms with van der Waals surface area (Å²) < 4.78 is 5.50. The van der Waals surface area contributed by atoms with E-state index in [-0.39, 0.29) is 24.8 Å². The quantitative estimate of drug-likeness (QED) is 0.720. The van der Waals surface area contributed by atoms with Crippen molar-refractivity contribution in [2.45, 2.75) is 12.8 Å². The van der Waals surface area contributed by atoms with Gasteiger partial charge in [-0.2, -0.15) is 0 Å². The van der Waals surface area contributed by atoms with E-state index < -0.39 is 0 Å². The second kappa shape index (κ2) is 10.7. The van der Waals surface area contributed by atoms with Crippen LogP contribution in [0, 0.1) is 0 Å². The number of piperazine rings is 1. The molecular formula is C22H26ClN3O3. The third-order valence-electron chi connectivity index (χ3n) is 4.83. The fraction of sp³-hybridized carbons (Fsp3) is 0.364. The second-order valence-corrected chi connectivity index (χ2v) is 7.29. The van der Waals surface area contributed by atoms with Crippen LogP contribution < -0.4 is 15.0 Å². The lowest BCUT2D eigenvalue weighted by atomic mass is 10.2. The molecule has 6 nitrogen and oxygen atoms in total. The number of anilines is 1. The number of rotatable bonds is 8. The Balaban J connectivity index is 1.28. The van der Waals surface area contributed by atoms with Gasteiger partial charge in [0.15, 0.2) is 0 Å². The van der Waals surface area contributed by atoms with Crippen molar-refractivity contribution < 1.29 is 14.3 Å². The van der Waals surface area contributed by atoms with E-state index in [9.17, 15) is 9.59 Å². The number of para-hydroxylation sites is 1. The van der Waals surface area contributed by atoms with Gasteiger partial charge in [0.25, 0.3) is 0 Å². The lowest BCUT2D eigenvalue weighted by Gasteiger charge is -2.36. The summed E-state index contributed by atoms with van der Waals surface area (Å²) in [5.41, 5.74) is 1.19. The van der Waals surface area contributed by atoms with Crippen LogP contribution in [-0.2, 0) is 9.59 Å². The molecule has 29 heavy (non-hydrogen) atoms. The number of benzene rings is 2. The maximum atomic E-state index is 12.4. The fourth-order valence-electron chi connectivity index (χ4n) is 3.20. The molecule has 1 heterocycles. The molecule has 3 rings (SSSR count). The Kier molecular flexibility index (Phi) is 7.76. The summed E-state index contributed by atoms with van der Waals surface area (Å²) in [6, 6.07) is 17.2. The number of hydrogen-bond acceptors (Lipinski definition) is 4. The Morgan fingerprint density at radius 3 is 2.31 bits per heavy atom. The van der Waals surface area contributed by atoms with Crippen LogP contribution in [0.25, 0.3) is 0 Å². The molecule has 1 N–H and O–H groups in total. The van der Waals surface area contributed by atoms with Crippen molar-refractivity contribution in [3.8, 4) is 5.75 Å². The van der Waals surface area contributed by atoms with Crippen molar-refractivity contribution >= 4 is 29.1 Å². The van der Waals surface area contributed by atoms with Gasteiger partial charge in [-0.1, -0.05) is 29.8 Å². The van der Waals surface area contributed by atoms with Crippen LogP contribution in [-0.4, -0.2) is 56.0 Å². The number of ether oxygens (including phenoxy) is 1. The van der Waals surface area contributed by atoms with Gasteiger partial charge < -0.3 is 19.9 Å². The Morgan fingerprint density at radius 1 is 0.931 bits per heavy atom. The topological polar surface area (TPSA) is 61.9 Å². The van der Waals surface area contributed by atoms with E-state index in [1.165, 1.54) is 5.69 Å². The SMILES string of the molecule is O=C(CCOc1ccc(Cl)cc1)NCCC(=O)N1CCN(c2ccccc2)CC1. The van der Waals surface area contributed by atoms with Gasteiger partial charge >= 0.3 is 0 Å². The molecule has 2 aromatic rings. The average molecular weight is 416 g/mol. The van der Waals surface area contributed by atoms with E-state index in [0.29, 0.717) is 36.8 Å². The van der Waals surface area contributed by atoms with E-state index >= 15 is 0 Å². The molecule has 0 aliphatic carbocycles. The Hall–Kier alpha value is -2.73. The first-order valence-electron chi connectivity index (χ1n) is 9.84. The normalized spacial score (nSPS) is 13.8. The second-order valence-electron chi connectivity index (χ2n) is 6.86. The molecular weight excluding hydrogens is 390 g/mol. The summed E-state index contributed by atoms with van der Waals surface area (Å²) in [6.07, 6.45) is 0.557. The molecule has 0 bridgehead atoms. The Morgan fingerprint density at radius 2 is 1.62 bits per heavy atom. The van der Waals surface area contributed by atoms with Crippen molar-refractivity contribution in [2.24, 2.45) is 0 Å². The van der Waals surface area contributed by atoms with E-state index in [2.05, 4.69) is 22.3 Å². The van der Waals surface area contributed by atoms with Crippen LogP contribution in [0.2, 0.25) is 5.02 Å². The maximum Gasteiger partial charge on any atom is 0.224 e. The number of halogens is 1. The molecule has 1 fully saturated rings. The zero-order valence-corrected chi connectivity index (χ0v) is 17.1. The van der Waals surface area contributed by atoms with Crippen LogP contribution in [0.5, 0.6) is 5.75 Å². The Bertz CT molecular complexity index is 791. The van der Waals surface area contributed by atoms with Gasteiger partial charge in [-0.3, -0.25) is 9.59 Å². The summed E-state index contributed by atoms with van der Waals surface area (Å²) in [5.74, 6) is 0.628. The highest BCUT2D eigenvalue weighted by Gasteiger charge is 2.20. The summed E-state index contributed by atoms with van der Waals surface area (Å²) >= 11 is 5.82. The lowest BCUT2D eigenvalue weighted by Crippen LogP contribution is -2.49. The number of nitrogens with one attached hydrogen (secondary N) is 1. The van der Waals surface area contributed by atoms with Crippen molar-refractivity contribution in [3.63, 3.8) is 0 Å². The first-order valence-corrected chi connectivity index (χ1v) is 10.2. The number of carbonyl (C=O) groups excluding carboxylic acids is 2. The molecule has 0 atom stereocenters. The minimum absolute atomic E-state index is 0.0791. The third kappa shape index (κ3) is 6.68. The minimum Gasteiger partial charge on any atom is -0.493 e. The molecule has 1 aliphatic rings. The van der Waals surface area contributed by atoms with E-state index in [0.717, 1.165) is 13.1 Å². The highest BCUT2D eigenvalue weighted by molar-refractivity contribution is 6.30. The van der Waals surface area contributed by atoms with Crippen molar-refractivity contribution in [3.05, 3.63) is 59.6 Å². The third-order valence-corrected chi connectivity index (χ3v) is 5.08. The first-order chi connectivity index (χ1) is 14.1. The standard InChI is InChI=1S/C22H26ClN3O3/c23-18-6-8-20(9-7-18)29-17-11-21(27)24-12-10-22(28)26-15-13-25(14-16-26)19-4-2-1-3-5-19/h1-9H,10-17H2,(H,24,27). The van der Waals surface area contributed by atoms with Gasteiger partial charge in [-0.05, 0) is 36.4 Å². The highest BCUT2D eigenvalue weighted by Crippen LogP contribution is 2.16. The summed E-state index contributed by atoms with van der Waals surface area (Å²) in [5, 5.41) is 3.42. The molecule has 0 spiro atoms. The smallest absolute Gasteiger partial charge is 0.224 e. The predicted molar refractivity (Wildman–Crippen MR) is 114 cm³/mol.